The number of nitrogens with two attached hydrogens (primary N) is 1. The number of rotatable bonds is 5. The summed E-state index contributed by atoms with van der Waals surface area (Å²) in [5.41, 5.74) is 9.50. The largest absolute Gasteiger partial charge is 0.496 e. The van der Waals surface area contributed by atoms with E-state index < -0.39 is 0 Å². The molecule has 2 aromatic carbocycles. The summed E-state index contributed by atoms with van der Waals surface area (Å²) in [6.45, 7) is 2.78. The van der Waals surface area contributed by atoms with Crippen LogP contribution in [0.1, 0.15) is 24.1 Å². The molecule has 4 heteroatoms. The van der Waals surface area contributed by atoms with Gasteiger partial charge in [-0.1, -0.05) is 40.2 Å². The van der Waals surface area contributed by atoms with E-state index in [0.29, 0.717) is 0 Å². The molecule has 0 aliphatic carbocycles. The molecule has 0 aliphatic heterocycles. The highest BCUT2D eigenvalue weighted by Crippen LogP contribution is 2.34. The number of ether oxygens (including phenoxy) is 1. The van der Waals surface area contributed by atoms with E-state index in [1.54, 1.807) is 7.11 Å². The van der Waals surface area contributed by atoms with Crippen LogP contribution in [0.5, 0.6) is 5.75 Å². The summed E-state index contributed by atoms with van der Waals surface area (Å²) in [7, 11) is 3.75. The Morgan fingerprint density at radius 1 is 1.19 bits per heavy atom. The standard InChI is InChI=1S/C17H21BrN2O/c1-12(19)17-15(9-6-10-16(17)21-3)20(2)11-13-7-4-5-8-14(13)18/h4-10,12H,11,19H2,1-3H3/t12-/m1/s1. The molecule has 0 saturated carbocycles. The lowest BCUT2D eigenvalue weighted by atomic mass is 10.0. The SMILES string of the molecule is COc1cccc(N(C)Cc2ccccc2Br)c1[C@@H](C)N. The minimum absolute atomic E-state index is 0.0854. The van der Waals surface area contributed by atoms with Gasteiger partial charge in [0.1, 0.15) is 5.75 Å². The molecule has 1 atom stereocenters. The molecule has 0 heterocycles. The minimum Gasteiger partial charge on any atom is -0.496 e. The number of benzene rings is 2. The summed E-state index contributed by atoms with van der Waals surface area (Å²) in [6, 6.07) is 14.2. The molecule has 2 N–H and O–H groups in total. The first-order chi connectivity index (χ1) is 10.0. The van der Waals surface area contributed by atoms with Crippen molar-refractivity contribution in [3.63, 3.8) is 0 Å². The second kappa shape index (κ2) is 6.96. The van der Waals surface area contributed by atoms with Crippen LogP contribution in [0.15, 0.2) is 46.9 Å². The van der Waals surface area contributed by atoms with Crippen LogP contribution in [-0.4, -0.2) is 14.2 Å². The second-order valence-electron chi connectivity index (χ2n) is 5.13. The zero-order valence-electron chi connectivity index (χ0n) is 12.6. The van der Waals surface area contributed by atoms with Crippen LogP contribution in [0.3, 0.4) is 0 Å². The Morgan fingerprint density at radius 3 is 2.52 bits per heavy atom. The quantitative estimate of drug-likeness (QED) is 0.883. The number of hydrogen-bond donors (Lipinski definition) is 1. The molecule has 0 aromatic heterocycles. The minimum atomic E-state index is -0.0854. The maximum Gasteiger partial charge on any atom is 0.125 e. The van der Waals surface area contributed by atoms with Crippen molar-refractivity contribution in [3.05, 3.63) is 58.1 Å². The number of nitrogens with zero attached hydrogens (tertiary/aromatic N) is 1. The molecule has 3 nitrogen and oxygen atoms in total. The topological polar surface area (TPSA) is 38.5 Å². The third-order valence-corrected chi connectivity index (χ3v) is 4.27. The lowest BCUT2D eigenvalue weighted by molar-refractivity contribution is 0.407. The van der Waals surface area contributed by atoms with Gasteiger partial charge in [-0.2, -0.15) is 0 Å². The van der Waals surface area contributed by atoms with Gasteiger partial charge in [0.25, 0.3) is 0 Å². The van der Waals surface area contributed by atoms with Gasteiger partial charge in [0.15, 0.2) is 0 Å². The Labute approximate surface area is 134 Å². The molecule has 0 spiro atoms. The molecule has 0 bridgehead atoms. The van der Waals surface area contributed by atoms with Gasteiger partial charge >= 0.3 is 0 Å². The van der Waals surface area contributed by atoms with Gasteiger partial charge in [0.05, 0.1) is 7.11 Å². The van der Waals surface area contributed by atoms with Gasteiger partial charge in [0, 0.05) is 35.4 Å². The Kier molecular flexibility index (Phi) is 5.26. The highest BCUT2D eigenvalue weighted by Gasteiger charge is 2.16. The fourth-order valence-corrected chi connectivity index (χ4v) is 2.88. The summed E-state index contributed by atoms with van der Waals surface area (Å²) >= 11 is 3.60. The second-order valence-corrected chi connectivity index (χ2v) is 5.98. The third-order valence-electron chi connectivity index (χ3n) is 3.49. The molecule has 21 heavy (non-hydrogen) atoms. The van der Waals surface area contributed by atoms with E-state index in [9.17, 15) is 0 Å². The van der Waals surface area contributed by atoms with E-state index in [2.05, 4.69) is 46.1 Å². The zero-order chi connectivity index (χ0) is 15.4. The maximum absolute atomic E-state index is 6.14. The van der Waals surface area contributed by atoms with Crippen LogP contribution in [0.25, 0.3) is 0 Å². The van der Waals surface area contributed by atoms with Gasteiger partial charge in [-0.3, -0.25) is 0 Å². The van der Waals surface area contributed by atoms with Crippen LogP contribution in [0.4, 0.5) is 5.69 Å². The van der Waals surface area contributed by atoms with Crippen molar-refractivity contribution in [2.75, 3.05) is 19.1 Å². The average Bonchev–Trinajstić information content (AvgIpc) is 2.48. The van der Waals surface area contributed by atoms with E-state index in [1.807, 2.05) is 31.2 Å². The van der Waals surface area contributed by atoms with E-state index in [1.165, 1.54) is 5.56 Å². The zero-order valence-corrected chi connectivity index (χ0v) is 14.2. The van der Waals surface area contributed by atoms with Crippen molar-refractivity contribution >= 4 is 21.6 Å². The highest BCUT2D eigenvalue weighted by molar-refractivity contribution is 9.10. The summed E-state index contributed by atoms with van der Waals surface area (Å²) in [5.74, 6) is 0.835. The smallest absolute Gasteiger partial charge is 0.125 e. The fraction of sp³-hybridized carbons (Fsp3) is 0.294. The van der Waals surface area contributed by atoms with Crippen molar-refractivity contribution in [1.29, 1.82) is 0 Å². The average molecular weight is 349 g/mol. The molecule has 0 amide bonds. The molecule has 0 unspecified atom stereocenters. The van der Waals surface area contributed by atoms with Gasteiger partial charge < -0.3 is 15.4 Å². The first-order valence-electron chi connectivity index (χ1n) is 6.91. The van der Waals surface area contributed by atoms with Crippen LogP contribution in [-0.2, 0) is 6.54 Å². The van der Waals surface area contributed by atoms with Gasteiger partial charge in [0.2, 0.25) is 0 Å². The number of methoxy groups -OCH3 is 1. The summed E-state index contributed by atoms with van der Waals surface area (Å²) < 4.78 is 6.57. The van der Waals surface area contributed by atoms with Crippen molar-refractivity contribution < 1.29 is 4.74 Å². The van der Waals surface area contributed by atoms with Crippen molar-refractivity contribution in [1.82, 2.24) is 0 Å². The van der Waals surface area contributed by atoms with Gasteiger partial charge in [-0.25, -0.2) is 0 Å². The van der Waals surface area contributed by atoms with Gasteiger partial charge in [-0.05, 0) is 30.7 Å². The number of halogens is 1. The van der Waals surface area contributed by atoms with Gasteiger partial charge in [-0.15, -0.1) is 0 Å². The molecule has 2 rings (SSSR count). The molecular weight excluding hydrogens is 328 g/mol. The number of anilines is 1. The highest BCUT2D eigenvalue weighted by atomic mass is 79.9. The third kappa shape index (κ3) is 3.57. The van der Waals surface area contributed by atoms with Crippen LogP contribution in [0.2, 0.25) is 0 Å². The van der Waals surface area contributed by atoms with Crippen molar-refractivity contribution in [2.24, 2.45) is 5.73 Å². The van der Waals surface area contributed by atoms with Crippen molar-refractivity contribution in [3.8, 4) is 5.75 Å². The Hall–Kier alpha value is -1.52. The van der Waals surface area contributed by atoms with E-state index in [0.717, 1.165) is 28.0 Å². The maximum atomic E-state index is 6.14. The first-order valence-corrected chi connectivity index (χ1v) is 7.71. The molecular formula is C17H21BrN2O. The van der Waals surface area contributed by atoms with Crippen molar-refractivity contribution in [2.45, 2.75) is 19.5 Å². The molecule has 2 aromatic rings. The fourth-order valence-electron chi connectivity index (χ4n) is 2.47. The molecule has 0 fully saturated rings. The predicted octanol–water partition coefficient (Wildman–Crippen LogP) is 4.11. The van der Waals surface area contributed by atoms with Crippen LogP contribution < -0.4 is 15.4 Å². The summed E-state index contributed by atoms with van der Waals surface area (Å²) in [4.78, 5) is 2.20. The summed E-state index contributed by atoms with van der Waals surface area (Å²) in [5, 5.41) is 0. The summed E-state index contributed by atoms with van der Waals surface area (Å²) in [6.07, 6.45) is 0. The van der Waals surface area contributed by atoms with E-state index in [-0.39, 0.29) is 6.04 Å². The molecule has 0 saturated heterocycles. The van der Waals surface area contributed by atoms with Crippen LogP contribution >= 0.6 is 15.9 Å². The van der Waals surface area contributed by atoms with E-state index >= 15 is 0 Å². The lowest BCUT2D eigenvalue weighted by Gasteiger charge is -2.26. The monoisotopic (exact) mass is 348 g/mol. The normalized spacial score (nSPS) is 12.0. The molecule has 0 aliphatic rings. The Morgan fingerprint density at radius 2 is 1.90 bits per heavy atom. The van der Waals surface area contributed by atoms with E-state index in [4.69, 9.17) is 10.5 Å². The first kappa shape index (κ1) is 15.9. The number of hydrogen-bond acceptors (Lipinski definition) is 3. The molecule has 112 valence electrons. The Balaban J connectivity index is 2.35. The lowest BCUT2D eigenvalue weighted by Crippen LogP contribution is -2.21. The Bertz CT molecular complexity index is 613. The molecule has 0 radical (unpaired) electrons. The van der Waals surface area contributed by atoms with Crippen LogP contribution in [0, 0.1) is 0 Å². The predicted molar refractivity (Wildman–Crippen MR) is 91.8 cm³/mol.